The number of amides is 1. The molecule has 0 aromatic rings. The molecular formula is C15H29N3O2. The third kappa shape index (κ3) is 3.51. The third-order valence-electron chi connectivity index (χ3n) is 4.91. The molecule has 5 heteroatoms. The van der Waals surface area contributed by atoms with Gasteiger partial charge in [0.15, 0.2) is 0 Å². The summed E-state index contributed by atoms with van der Waals surface area (Å²) in [6.45, 7) is 5.67. The molecule has 1 amide bonds. The highest BCUT2D eigenvalue weighted by atomic mass is 16.5. The van der Waals surface area contributed by atoms with Gasteiger partial charge in [0.2, 0.25) is 5.91 Å². The Morgan fingerprint density at radius 3 is 2.45 bits per heavy atom. The van der Waals surface area contributed by atoms with Crippen LogP contribution in [0.15, 0.2) is 0 Å². The standard InChI is InChI=1S/C15H29N3O2/c1-13(14(19)18-8-10-20-11-9-18)16-12-15(17(2)3)6-4-5-7-15/h13,16H,4-12H2,1-3H3. The van der Waals surface area contributed by atoms with Crippen LogP contribution < -0.4 is 5.32 Å². The number of carbonyl (C=O) groups is 1. The van der Waals surface area contributed by atoms with Gasteiger partial charge in [0, 0.05) is 25.2 Å². The molecule has 2 aliphatic rings. The molecule has 1 saturated heterocycles. The molecule has 2 fully saturated rings. The Morgan fingerprint density at radius 2 is 1.90 bits per heavy atom. The van der Waals surface area contributed by atoms with Crippen molar-refractivity contribution in [1.29, 1.82) is 0 Å². The van der Waals surface area contributed by atoms with Crippen molar-refractivity contribution in [3.05, 3.63) is 0 Å². The molecule has 0 bridgehead atoms. The van der Waals surface area contributed by atoms with Crippen LogP contribution in [-0.2, 0) is 9.53 Å². The largest absolute Gasteiger partial charge is 0.378 e. The van der Waals surface area contributed by atoms with Gasteiger partial charge in [0.1, 0.15) is 0 Å². The summed E-state index contributed by atoms with van der Waals surface area (Å²) in [5.41, 5.74) is 0.236. The molecule has 5 nitrogen and oxygen atoms in total. The van der Waals surface area contributed by atoms with Crippen LogP contribution in [0.3, 0.4) is 0 Å². The maximum absolute atomic E-state index is 12.4. The molecular weight excluding hydrogens is 254 g/mol. The Morgan fingerprint density at radius 1 is 1.30 bits per heavy atom. The van der Waals surface area contributed by atoms with E-state index in [0.717, 1.165) is 19.6 Å². The lowest BCUT2D eigenvalue weighted by Crippen LogP contribution is -2.55. The minimum atomic E-state index is -0.106. The summed E-state index contributed by atoms with van der Waals surface area (Å²) in [7, 11) is 4.31. The lowest BCUT2D eigenvalue weighted by Gasteiger charge is -2.38. The van der Waals surface area contributed by atoms with E-state index in [0.29, 0.717) is 13.2 Å². The van der Waals surface area contributed by atoms with Gasteiger partial charge in [-0.05, 0) is 33.9 Å². The topological polar surface area (TPSA) is 44.8 Å². The molecule has 1 N–H and O–H groups in total. The van der Waals surface area contributed by atoms with Crippen molar-refractivity contribution in [2.45, 2.75) is 44.2 Å². The van der Waals surface area contributed by atoms with E-state index in [1.165, 1.54) is 25.7 Å². The lowest BCUT2D eigenvalue weighted by atomic mass is 9.95. The minimum absolute atomic E-state index is 0.106. The molecule has 20 heavy (non-hydrogen) atoms. The maximum atomic E-state index is 12.4. The van der Waals surface area contributed by atoms with Gasteiger partial charge < -0.3 is 19.9 Å². The summed E-state index contributed by atoms with van der Waals surface area (Å²) in [6, 6.07) is -0.106. The first-order chi connectivity index (χ1) is 9.55. The van der Waals surface area contributed by atoms with Crippen LogP contribution in [0.1, 0.15) is 32.6 Å². The van der Waals surface area contributed by atoms with Crippen LogP contribution >= 0.6 is 0 Å². The van der Waals surface area contributed by atoms with Crippen molar-refractivity contribution in [2.24, 2.45) is 0 Å². The molecule has 116 valence electrons. The highest BCUT2D eigenvalue weighted by Gasteiger charge is 2.36. The molecule has 1 aliphatic carbocycles. The number of nitrogens with one attached hydrogen (secondary N) is 1. The fourth-order valence-electron chi connectivity index (χ4n) is 3.30. The zero-order valence-electron chi connectivity index (χ0n) is 13.2. The molecule has 0 aromatic heterocycles. The molecule has 0 spiro atoms. The van der Waals surface area contributed by atoms with Crippen LogP contribution in [0, 0.1) is 0 Å². The van der Waals surface area contributed by atoms with E-state index in [9.17, 15) is 4.79 Å². The highest BCUT2D eigenvalue weighted by molar-refractivity contribution is 5.81. The van der Waals surface area contributed by atoms with Crippen molar-refractivity contribution in [1.82, 2.24) is 15.1 Å². The van der Waals surface area contributed by atoms with E-state index in [4.69, 9.17) is 4.74 Å². The van der Waals surface area contributed by atoms with Gasteiger partial charge in [0.25, 0.3) is 0 Å². The summed E-state index contributed by atoms with van der Waals surface area (Å²) in [5.74, 6) is 0.209. The van der Waals surface area contributed by atoms with Crippen molar-refractivity contribution in [3.8, 4) is 0 Å². The first kappa shape index (κ1) is 15.7. The summed E-state index contributed by atoms with van der Waals surface area (Å²) >= 11 is 0. The van der Waals surface area contributed by atoms with Gasteiger partial charge in [-0.25, -0.2) is 0 Å². The van der Waals surface area contributed by atoms with Crippen LogP contribution in [-0.4, -0.2) is 74.2 Å². The lowest BCUT2D eigenvalue weighted by molar-refractivity contribution is -0.137. The van der Waals surface area contributed by atoms with E-state index in [1.807, 2.05) is 11.8 Å². The first-order valence-electron chi connectivity index (χ1n) is 7.82. The number of morpholine rings is 1. The first-order valence-corrected chi connectivity index (χ1v) is 7.82. The second-order valence-electron chi connectivity index (χ2n) is 6.37. The van der Waals surface area contributed by atoms with Gasteiger partial charge in [-0.3, -0.25) is 4.79 Å². The number of hydrogen-bond donors (Lipinski definition) is 1. The van der Waals surface area contributed by atoms with E-state index < -0.39 is 0 Å². The maximum Gasteiger partial charge on any atom is 0.239 e. The smallest absolute Gasteiger partial charge is 0.239 e. The van der Waals surface area contributed by atoms with Gasteiger partial charge in [0.05, 0.1) is 19.3 Å². The zero-order chi connectivity index (χ0) is 14.6. The van der Waals surface area contributed by atoms with Gasteiger partial charge in [-0.15, -0.1) is 0 Å². The molecule has 1 heterocycles. The van der Waals surface area contributed by atoms with E-state index >= 15 is 0 Å². The fraction of sp³-hybridized carbons (Fsp3) is 0.933. The van der Waals surface area contributed by atoms with Crippen LogP contribution in [0.4, 0.5) is 0 Å². The van der Waals surface area contributed by atoms with Crippen molar-refractivity contribution >= 4 is 5.91 Å². The molecule has 1 aliphatic heterocycles. The number of hydrogen-bond acceptors (Lipinski definition) is 4. The van der Waals surface area contributed by atoms with Crippen molar-refractivity contribution < 1.29 is 9.53 Å². The molecule has 0 aromatic carbocycles. The average Bonchev–Trinajstić information content (AvgIpc) is 2.95. The molecule has 1 saturated carbocycles. The molecule has 1 unspecified atom stereocenters. The Hall–Kier alpha value is -0.650. The van der Waals surface area contributed by atoms with E-state index in [2.05, 4.69) is 24.3 Å². The summed E-state index contributed by atoms with van der Waals surface area (Å²) < 4.78 is 5.30. The predicted octanol–water partition coefficient (Wildman–Crippen LogP) is 0.698. The van der Waals surface area contributed by atoms with Gasteiger partial charge >= 0.3 is 0 Å². The Labute approximate surface area is 122 Å². The highest BCUT2D eigenvalue weighted by Crippen LogP contribution is 2.33. The molecule has 1 atom stereocenters. The second kappa shape index (κ2) is 6.87. The van der Waals surface area contributed by atoms with Gasteiger partial charge in [-0.2, -0.15) is 0 Å². The third-order valence-corrected chi connectivity index (χ3v) is 4.91. The summed E-state index contributed by atoms with van der Waals surface area (Å²) in [4.78, 5) is 16.6. The monoisotopic (exact) mass is 283 g/mol. The van der Waals surface area contributed by atoms with Crippen molar-refractivity contribution in [3.63, 3.8) is 0 Å². The number of rotatable bonds is 5. The Bertz CT molecular complexity index is 321. The van der Waals surface area contributed by atoms with E-state index in [-0.39, 0.29) is 17.5 Å². The van der Waals surface area contributed by atoms with Crippen LogP contribution in [0.25, 0.3) is 0 Å². The molecule has 2 rings (SSSR count). The summed E-state index contributed by atoms with van der Waals surface area (Å²) in [6.07, 6.45) is 5.05. The Balaban J connectivity index is 1.84. The number of likely N-dealkylation sites (N-methyl/N-ethyl adjacent to an activating group) is 1. The fourth-order valence-corrected chi connectivity index (χ4v) is 3.30. The summed E-state index contributed by atoms with van der Waals surface area (Å²) in [5, 5.41) is 3.47. The zero-order valence-corrected chi connectivity index (χ0v) is 13.2. The SMILES string of the molecule is CC(NCC1(N(C)C)CCCC1)C(=O)N1CCOCC1. The van der Waals surface area contributed by atoms with Gasteiger partial charge in [-0.1, -0.05) is 12.8 Å². The second-order valence-corrected chi connectivity index (χ2v) is 6.37. The van der Waals surface area contributed by atoms with Crippen LogP contribution in [0.5, 0.6) is 0 Å². The number of ether oxygens (including phenoxy) is 1. The van der Waals surface area contributed by atoms with Crippen molar-refractivity contribution in [2.75, 3.05) is 46.9 Å². The Kier molecular flexibility index (Phi) is 5.41. The van der Waals surface area contributed by atoms with Crippen LogP contribution in [0.2, 0.25) is 0 Å². The predicted molar refractivity (Wildman–Crippen MR) is 79.7 cm³/mol. The quantitative estimate of drug-likeness (QED) is 0.807. The molecule has 0 radical (unpaired) electrons. The van der Waals surface area contributed by atoms with E-state index in [1.54, 1.807) is 0 Å². The normalized spacial score (nSPS) is 24.1. The number of nitrogens with zero attached hydrogens (tertiary/aromatic N) is 2. The number of carbonyl (C=O) groups excluding carboxylic acids is 1. The average molecular weight is 283 g/mol. The minimum Gasteiger partial charge on any atom is -0.378 e.